The predicted molar refractivity (Wildman–Crippen MR) is 89.3 cm³/mol. The molecule has 0 fully saturated rings. The van der Waals surface area contributed by atoms with Gasteiger partial charge in [-0.15, -0.1) is 0 Å². The molecular formula is C17H17N5. The second-order valence-corrected chi connectivity index (χ2v) is 4.93. The number of aromatic nitrogens is 3. The molecule has 1 N–H and O–H groups in total. The van der Waals surface area contributed by atoms with Gasteiger partial charge < -0.3 is 5.32 Å². The van der Waals surface area contributed by atoms with Crippen LogP contribution in [0.4, 0.5) is 11.6 Å². The summed E-state index contributed by atoms with van der Waals surface area (Å²) in [7, 11) is 1.83. The van der Waals surface area contributed by atoms with E-state index in [-0.39, 0.29) is 0 Å². The summed E-state index contributed by atoms with van der Waals surface area (Å²) in [6, 6.07) is 10.0. The number of anilines is 1. The first-order valence-corrected chi connectivity index (χ1v) is 7.04. The summed E-state index contributed by atoms with van der Waals surface area (Å²) in [5.41, 5.74) is 3.16. The van der Waals surface area contributed by atoms with Crippen LogP contribution < -0.4 is 5.32 Å². The average Bonchev–Trinajstić information content (AvgIpc) is 3.10. The van der Waals surface area contributed by atoms with Crippen molar-refractivity contribution in [2.75, 3.05) is 5.32 Å². The lowest BCUT2D eigenvalue weighted by molar-refractivity contribution is 0.759. The quantitative estimate of drug-likeness (QED) is 0.879. The normalized spacial score (nSPS) is 15.7. The number of rotatable bonds is 4. The Bertz CT molecular complexity index is 779. The van der Waals surface area contributed by atoms with Gasteiger partial charge in [-0.2, -0.15) is 10.1 Å². The lowest BCUT2D eigenvalue weighted by atomic mass is 10.1. The molecule has 0 radical (unpaired) electrons. The number of aryl methyl sites for hydroxylation is 2. The molecule has 5 heteroatoms. The fourth-order valence-electron chi connectivity index (χ4n) is 2.13. The molecule has 0 saturated heterocycles. The van der Waals surface area contributed by atoms with Crippen LogP contribution in [0.5, 0.6) is 0 Å². The van der Waals surface area contributed by atoms with E-state index in [2.05, 4.69) is 20.4 Å². The molecule has 1 aliphatic carbocycles. The number of nitrogens with zero attached hydrogens (tertiary/aromatic N) is 4. The average molecular weight is 291 g/mol. The van der Waals surface area contributed by atoms with Gasteiger partial charge in [-0.05, 0) is 24.6 Å². The largest absolute Gasteiger partial charge is 0.361 e. The highest BCUT2D eigenvalue weighted by Crippen LogP contribution is 2.18. The fourth-order valence-corrected chi connectivity index (χ4v) is 2.13. The van der Waals surface area contributed by atoms with Gasteiger partial charge in [0.05, 0.1) is 0 Å². The van der Waals surface area contributed by atoms with Crippen LogP contribution in [0.1, 0.15) is 5.82 Å². The molecule has 0 saturated carbocycles. The fraction of sp³-hybridized carbons (Fsp3) is 0.118. The maximum absolute atomic E-state index is 4.40. The van der Waals surface area contributed by atoms with Crippen molar-refractivity contribution in [1.29, 1.82) is 0 Å². The lowest BCUT2D eigenvalue weighted by Gasteiger charge is -2.03. The first-order chi connectivity index (χ1) is 10.7. The van der Waals surface area contributed by atoms with E-state index in [0.29, 0.717) is 5.95 Å². The summed E-state index contributed by atoms with van der Waals surface area (Å²) in [6.07, 6.45) is 9.84. The lowest BCUT2D eigenvalue weighted by Crippen LogP contribution is -1.93. The van der Waals surface area contributed by atoms with E-state index in [1.807, 2.05) is 74.9 Å². The first kappa shape index (κ1) is 14.0. The van der Waals surface area contributed by atoms with E-state index in [9.17, 15) is 0 Å². The van der Waals surface area contributed by atoms with Crippen LogP contribution in [0.2, 0.25) is 0 Å². The Labute approximate surface area is 129 Å². The van der Waals surface area contributed by atoms with Gasteiger partial charge in [0.2, 0.25) is 5.95 Å². The highest BCUT2D eigenvalue weighted by molar-refractivity contribution is 5.89. The van der Waals surface area contributed by atoms with Crippen molar-refractivity contribution in [1.82, 2.24) is 14.8 Å². The third-order valence-corrected chi connectivity index (χ3v) is 3.22. The molecule has 0 bridgehead atoms. The summed E-state index contributed by atoms with van der Waals surface area (Å²) >= 11 is 0. The van der Waals surface area contributed by atoms with Crippen molar-refractivity contribution in [3.8, 4) is 0 Å². The molecule has 1 heterocycles. The standard InChI is InChI=1S/C17H17N5/c1-13-20-17(22(2)21-13)19-12-15-8-6-7-14(15)11-18-16-9-4-3-5-10-16/h3-12,18H,1-2H3/b14-11-,19-12+. The van der Waals surface area contributed by atoms with Crippen LogP contribution >= 0.6 is 0 Å². The monoisotopic (exact) mass is 291 g/mol. The number of hydrogen-bond acceptors (Lipinski definition) is 4. The Morgan fingerprint density at radius 1 is 1.23 bits per heavy atom. The third-order valence-electron chi connectivity index (χ3n) is 3.22. The van der Waals surface area contributed by atoms with E-state index >= 15 is 0 Å². The first-order valence-electron chi connectivity index (χ1n) is 7.04. The van der Waals surface area contributed by atoms with Gasteiger partial charge >= 0.3 is 0 Å². The molecule has 3 rings (SSSR count). The number of aliphatic imine (C=N–C) groups is 1. The molecule has 1 aromatic carbocycles. The molecular weight excluding hydrogens is 274 g/mol. The van der Waals surface area contributed by atoms with Crippen molar-refractivity contribution in [2.24, 2.45) is 12.0 Å². The summed E-state index contributed by atoms with van der Waals surface area (Å²) in [5, 5.41) is 7.46. The van der Waals surface area contributed by atoms with Crippen LogP contribution in [-0.4, -0.2) is 21.0 Å². The van der Waals surface area contributed by atoms with Crippen LogP contribution in [0.15, 0.2) is 70.9 Å². The van der Waals surface area contributed by atoms with E-state index in [1.165, 1.54) is 0 Å². The van der Waals surface area contributed by atoms with Gasteiger partial charge in [0.25, 0.3) is 0 Å². The van der Waals surface area contributed by atoms with Crippen molar-refractivity contribution < 1.29 is 0 Å². The van der Waals surface area contributed by atoms with E-state index in [4.69, 9.17) is 0 Å². The maximum Gasteiger partial charge on any atom is 0.247 e. The zero-order chi connectivity index (χ0) is 15.4. The molecule has 0 atom stereocenters. The summed E-state index contributed by atoms with van der Waals surface area (Å²) in [4.78, 5) is 8.66. The number of allylic oxidation sites excluding steroid dienone is 5. The van der Waals surface area contributed by atoms with Gasteiger partial charge in [-0.3, -0.25) is 0 Å². The van der Waals surface area contributed by atoms with Crippen molar-refractivity contribution in [2.45, 2.75) is 6.92 Å². The van der Waals surface area contributed by atoms with E-state index in [1.54, 1.807) is 4.68 Å². The van der Waals surface area contributed by atoms with Gasteiger partial charge in [0.1, 0.15) is 5.82 Å². The van der Waals surface area contributed by atoms with Crippen LogP contribution in [0.25, 0.3) is 0 Å². The van der Waals surface area contributed by atoms with Gasteiger partial charge in [0.15, 0.2) is 0 Å². The Hall–Kier alpha value is -2.95. The van der Waals surface area contributed by atoms with Crippen molar-refractivity contribution >= 4 is 17.9 Å². The number of hydrogen-bond donors (Lipinski definition) is 1. The summed E-state index contributed by atoms with van der Waals surface area (Å²) < 4.78 is 1.67. The Morgan fingerprint density at radius 2 is 2.05 bits per heavy atom. The smallest absolute Gasteiger partial charge is 0.247 e. The molecule has 22 heavy (non-hydrogen) atoms. The number of nitrogens with one attached hydrogen (secondary N) is 1. The third kappa shape index (κ3) is 3.20. The molecule has 5 nitrogen and oxygen atoms in total. The highest BCUT2D eigenvalue weighted by Gasteiger charge is 2.06. The minimum absolute atomic E-state index is 0.598. The van der Waals surface area contributed by atoms with E-state index in [0.717, 1.165) is 22.7 Å². The SMILES string of the molecule is Cc1nc(/N=C/C2=CC=C/C2=C/Nc2ccccc2)n(C)n1. The Kier molecular flexibility index (Phi) is 3.96. The molecule has 0 unspecified atom stereocenters. The molecule has 110 valence electrons. The minimum atomic E-state index is 0.598. The van der Waals surface area contributed by atoms with Crippen molar-refractivity contribution in [3.05, 3.63) is 71.7 Å². The molecule has 0 spiro atoms. The molecule has 1 aliphatic rings. The summed E-state index contributed by atoms with van der Waals surface area (Å²) in [5.74, 6) is 1.32. The van der Waals surface area contributed by atoms with Crippen LogP contribution in [0.3, 0.4) is 0 Å². The molecule has 2 aromatic rings. The second-order valence-electron chi connectivity index (χ2n) is 4.93. The molecule has 1 aromatic heterocycles. The molecule has 0 aliphatic heterocycles. The van der Waals surface area contributed by atoms with E-state index < -0.39 is 0 Å². The summed E-state index contributed by atoms with van der Waals surface area (Å²) in [6.45, 7) is 1.85. The predicted octanol–water partition coefficient (Wildman–Crippen LogP) is 3.32. The van der Waals surface area contributed by atoms with Gasteiger partial charge in [-0.1, -0.05) is 36.4 Å². The minimum Gasteiger partial charge on any atom is -0.361 e. The Balaban J connectivity index is 1.73. The zero-order valence-corrected chi connectivity index (χ0v) is 12.6. The van der Waals surface area contributed by atoms with Crippen molar-refractivity contribution in [3.63, 3.8) is 0 Å². The highest BCUT2D eigenvalue weighted by atomic mass is 15.4. The second kappa shape index (κ2) is 6.22. The topological polar surface area (TPSA) is 55.1 Å². The van der Waals surface area contributed by atoms with Crippen LogP contribution in [-0.2, 0) is 7.05 Å². The maximum atomic E-state index is 4.40. The molecule has 0 amide bonds. The van der Waals surface area contributed by atoms with Crippen LogP contribution in [0, 0.1) is 6.92 Å². The Morgan fingerprint density at radius 3 is 2.77 bits per heavy atom. The van der Waals surface area contributed by atoms with Gasteiger partial charge in [-0.25, -0.2) is 9.67 Å². The zero-order valence-electron chi connectivity index (χ0n) is 12.6. The number of para-hydroxylation sites is 1. The number of benzene rings is 1. The van der Waals surface area contributed by atoms with Gasteiger partial charge in [0, 0.05) is 30.7 Å².